The van der Waals surface area contributed by atoms with E-state index in [2.05, 4.69) is 10.4 Å². The maximum absolute atomic E-state index is 11.0. The highest BCUT2D eigenvalue weighted by molar-refractivity contribution is 5.93. The van der Waals surface area contributed by atoms with Crippen molar-refractivity contribution in [3.8, 4) is 0 Å². The van der Waals surface area contributed by atoms with Gasteiger partial charge < -0.3 is 4.74 Å². The maximum Gasteiger partial charge on any atom is 0.412 e. The fourth-order valence-electron chi connectivity index (χ4n) is 0.969. The van der Waals surface area contributed by atoms with Crippen LogP contribution in [0.3, 0.4) is 0 Å². The summed E-state index contributed by atoms with van der Waals surface area (Å²) in [7, 11) is 0. The lowest BCUT2D eigenvalue weighted by Gasteiger charge is -2.01. The molecule has 1 aromatic rings. The highest BCUT2D eigenvalue weighted by Gasteiger charge is 2.04. The van der Waals surface area contributed by atoms with E-state index >= 15 is 0 Å². The maximum atomic E-state index is 11.0. The second-order valence-corrected chi connectivity index (χ2v) is 2.79. The molecule has 1 aromatic heterocycles. The van der Waals surface area contributed by atoms with Gasteiger partial charge in [0.1, 0.15) is 0 Å². The van der Waals surface area contributed by atoms with Crippen LogP contribution in [0.25, 0.3) is 0 Å². The molecule has 5 heteroatoms. The molecule has 0 unspecified atom stereocenters. The predicted octanol–water partition coefficient (Wildman–Crippen LogP) is 0.902. The Morgan fingerprint density at radius 1 is 1.40 bits per heavy atom. The summed E-state index contributed by atoms with van der Waals surface area (Å²) in [6.07, 6.45) is 3.06. The van der Waals surface area contributed by atoms with Crippen LogP contribution in [0.1, 0.15) is 13.8 Å². The van der Waals surface area contributed by atoms with Gasteiger partial charge in [-0.2, -0.15) is 0 Å². The van der Waals surface area contributed by atoms with Crippen LogP contribution >= 0.6 is 0 Å². The highest BCUT2D eigenvalue weighted by atomic mass is 16.5. The molecule has 15 heavy (non-hydrogen) atoms. The van der Waals surface area contributed by atoms with E-state index < -0.39 is 6.09 Å². The monoisotopic (exact) mass is 208 g/mol. The van der Waals surface area contributed by atoms with E-state index in [4.69, 9.17) is 4.74 Å². The minimum absolute atomic E-state index is 0.345. The third-order valence-electron chi connectivity index (χ3n) is 1.52. The van der Waals surface area contributed by atoms with Crippen molar-refractivity contribution in [2.75, 3.05) is 6.61 Å². The molecule has 0 aliphatic rings. The molecule has 5 nitrogen and oxygen atoms in total. The SMILES string of the molecule is CCOC(=O)NC(C)=N[n+]1ccccc1. The molecule has 0 atom stereocenters. The molecular weight excluding hydrogens is 194 g/mol. The van der Waals surface area contributed by atoms with Gasteiger partial charge in [0.05, 0.1) is 6.61 Å². The second kappa shape index (κ2) is 5.74. The van der Waals surface area contributed by atoms with Gasteiger partial charge in [-0.05, 0) is 6.92 Å². The summed E-state index contributed by atoms with van der Waals surface area (Å²) >= 11 is 0. The number of nitrogens with zero attached hydrogens (tertiary/aromatic N) is 2. The number of amidine groups is 1. The number of hydrogen-bond donors (Lipinski definition) is 1. The number of carbonyl (C=O) groups excluding carboxylic acids is 1. The zero-order chi connectivity index (χ0) is 11.1. The van der Waals surface area contributed by atoms with Crippen LogP contribution in [0.5, 0.6) is 0 Å². The summed E-state index contributed by atoms with van der Waals surface area (Å²) in [4.78, 5) is 11.0. The number of aromatic nitrogens is 1. The summed E-state index contributed by atoms with van der Waals surface area (Å²) < 4.78 is 6.31. The van der Waals surface area contributed by atoms with Gasteiger partial charge in [-0.25, -0.2) is 4.79 Å². The fourth-order valence-corrected chi connectivity index (χ4v) is 0.969. The Hall–Kier alpha value is -1.91. The third kappa shape index (κ3) is 4.21. The standard InChI is InChI=1S/C10H13N3O2/c1-3-15-10(14)11-9(2)12-13-7-5-4-6-8-13/h4-8H,3H2,1-2H3/p+1. The van der Waals surface area contributed by atoms with Gasteiger partial charge in [0.25, 0.3) is 0 Å². The first-order chi connectivity index (χ1) is 7.22. The van der Waals surface area contributed by atoms with Gasteiger partial charge >= 0.3 is 6.09 Å². The molecule has 1 N–H and O–H groups in total. The number of ether oxygens (including phenoxy) is 1. The Morgan fingerprint density at radius 3 is 2.67 bits per heavy atom. The van der Waals surface area contributed by atoms with Crippen molar-refractivity contribution in [1.82, 2.24) is 5.32 Å². The molecule has 1 amide bonds. The Labute approximate surface area is 88.4 Å². The largest absolute Gasteiger partial charge is 0.450 e. The fraction of sp³-hybridized carbons (Fsp3) is 0.300. The number of nitrogens with one attached hydrogen (secondary N) is 1. The van der Waals surface area contributed by atoms with Crippen molar-refractivity contribution in [1.29, 1.82) is 0 Å². The van der Waals surface area contributed by atoms with E-state index in [1.54, 1.807) is 30.9 Å². The quantitative estimate of drug-likeness (QED) is 0.446. The average Bonchev–Trinajstić information content (AvgIpc) is 2.19. The first-order valence-corrected chi connectivity index (χ1v) is 4.68. The molecule has 0 fully saturated rings. The van der Waals surface area contributed by atoms with Crippen LogP contribution in [0, 0.1) is 0 Å². The van der Waals surface area contributed by atoms with E-state index in [-0.39, 0.29) is 0 Å². The van der Waals surface area contributed by atoms with Crippen LogP contribution in [0.2, 0.25) is 0 Å². The zero-order valence-corrected chi connectivity index (χ0v) is 8.80. The number of rotatable bonds is 2. The molecule has 0 saturated carbocycles. The summed E-state index contributed by atoms with van der Waals surface area (Å²) in [5, 5.41) is 6.60. The molecule has 1 heterocycles. The van der Waals surface area contributed by atoms with E-state index in [9.17, 15) is 4.79 Å². The highest BCUT2D eigenvalue weighted by Crippen LogP contribution is 1.79. The lowest BCUT2D eigenvalue weighted by atomic mass is 10.5. The Kier molecular flexibility index (Phi) is 4.28. The Morgan fingerprint density at radius 2 is 2.07 bits per heavy atom. The Balaban J connectivity index is 2.57. The first-order valence-electron chi connectivity index (χ1n) is 4.68. The van der Waals surface area contributed by atoms with Gasteiger partial charge in [-0.15, -0.1) is 0 Å². The number of amides is 1. The lowest BCUT2D eigenvalue weighted by molar-refractivity contribution is -0.679. The van der Waals surface area contributed by atoms with Crippen LogP contribution in [0.4, 0.5) is 4.79 Å². The molecule has 0 bridgehead atoms. The van der Waals surface area contributed by atoms with Crippen molar-refractivity contribution in [3.63, 3.8) is 0 Å². The molecule has 0 radical (unpaired) electrons. The molecule has 80 valence electrons. The van der Waals surface area contributed by atoms with E-state index in [1.165, 1.54) is 0 Å². The van der Waals surface area contributed by atoms with E-state index in [1.807, 2.05) is 18.2 Å². The van der Waals surface area contributed by atoms with Crippen molar-refractivity contribution in [2.24, 2.45) is 5.10 Å². The topological polar surface area (TPSA) is 54.6 Å². The minimum atomic E-state index is -0.490. The van der Waals surface area contributed by atoms with Crippen molar-refractivity contribution in [3.05, 3.63) is 30.6 Å². The first kappa shape index (κ1) is 11.2. The molecule has 0 spiro atoms. The molecule has 0 saturated heterocycles. The van der Waals surface area contributed by atoms with Gasteiger partial charge in [0.15, 0.2) is 5.84 Å². The molecular formula is C10H14N3O2+. The molecule has 1 rings (SSSR count). The van der Waals surface area contributed by atoms with E-state index in [0.29, 0.717) is 12.4 Å². The summed E-state index contributed by atoms with van der Waals surface area (Å²) in [5.41, 5.74) is 0. The molecule has 0 aliphatic carbocycles. The predicted molar refractivity (Wildman–Crippen MR) is 55.3 cm³/mol. The summed E-state index contributed by atoms with van der Waals surface area (Å²) in [6.45, 7) is 3.78. The minimum Gasteiger partial charge on any atom is -0.450 e. The third-order valence-corrected chi connectivity index (χ3v) is 1.52. The Bertz CT molecular complexity index is 349. The molecule has 0 aromatic carbocycles. The number of hydrogen-bond acceptors (Lipinski definition) is 3. The van der Waals surface area contributed by atoms with Crippen LogP contribution in [0.15, 0.2) is 35.7 Å². The summed E-state index contributed by atoms with van der Waals surface area (Å²) in [5.74, 6) is 0.477. The van der Waals surface area contributed by atoms with Crippen LogP contribution < -0.4 is 9.99 Å². The average molecular weight is 208 g/mol. The van der Waals surface area contributed by atoms with Crippen LogP contribution in [-0.2, 0) is 4.74 Å². The van der Waals surface area contributed by atoms with Crippen molar-refractivity contribution in [2.45, 2.75) is 13.8 Å². The second-order valence-electron chi connectivity index (χ2n) is 2.79. The van der Waals surface area contributed by atoms with Gasteiger partial charge in [0, 0.05) is 24.2 Å². The van der Waals surface area contributed by atoms with Gasteiger partial charge in [0.2, 0.25) is 12.4 Å². The van der Waals surface area contributed by atoms with Gasteiger partial charge in [-0.3, -0.25) is 5.32 Å². The zero-order valence-electron chi connectivity index (χ0n) is 8.80. The normalized spacial score (nSPS) is 10.9. The smallest absolute Gasteiger partial charge is 0.412 e. The van der Waals surface area contributed by atoms with Crippen LogP contribution in [-0.4, -0.2) is 18.5 Å². The van der Waals surface area contributed by atoms with Crippen molar-refractivity contribution >= 4 is 11.9 Å². The van der Waals surface area contributed by atoms with Gasteiger partial charge in [-0.1, -0.05) is 10.7 Å². The number of pyridine rings is 1. The number of carbonyl (C=O) groups is 1. The van der Waals surface area contributed by atoms with E-state index in [0.717, 1.165) is 0 Å². The molecule has 0 aliphatic heterocycles. The number of alkyl carbamates (subject to hydrolysis) is 1. The summed E-state index contributed by atoms with van der Waals surface area (Å²) in [6, 6.07) is 5.59. The lowest BCUT2D eigenvalue weighted by Crippen LogP contribution is -2.35. The van der Waals surface area contributed by atoms with Crippen molar-refractivity contribution < 1.29 is 14.2 Å².